The minimum absolute atomic E-state index is 0.247. The van der Waals surface area contributed by atoms with E-state index in [0.717, 1.165) is 32.6 Å². The molecule has 1 aromatic rings. The van der Waals surface area contributed by atoms with Gasteiger partial charge < -0.3 is 14.5 Å². The van der Waals surface area contributed by atoms with Gasteiger partial charge in [-0.3, -0.25) is 4.90 Å². The van der Waals surface area contributed by atoms with Crippen LogP contribution in [0.25, 0.3) is 0 Å². The highest BCUT2D eigenvalue weighted by Gasteiger charge is 2.32. The van der Waals surface area contributed by atoms with Gasteiger partial charge in [0.15, 0.2) is 0 Å². The van der Waals surface area contributed by atoms with Gasteiger partial charge in [-0.2, -0.15) is 0 Å². The van der Waals surface area contributed by atoms with E-state index in [1.54, 1.807) is 0 Å². The molecule has 1 saturated heterocycles. The molecule has 1 heterocycles. The largest absolute Gasteiger partial charge is 0.415 e. The first-order chi connectivity index (χ1) is 11.0. The quantitative estimate of drug-likeness (QED) is 0.835. The molecule has 128 valence electrons. The first-order valence-corrected chi connectivity index (χ1v) is 8.39. The lowest BCUT2D eigenvalue weighted by molar-refractivity contribution is 0.0410. The lowest BCUT2D eigenvalue weighted by atomic mass is 10.1. The lowest BCUT2D eigenvalue weighted by Crippen LogP contribution is -2.58. The fourth-order valence-electron chi connectivity index (χ4n) is 3.17. The van der Waals surface area contributed by atoms with Crippen LogP contribution in [-0.4, -0.2) is 73.2 Å². The van der Waals surface area contributed by atoms with Crippen LogP contribution in [0.5, 0.6) is 5.75 Å². The van der Waals surface area contributed by atoms with Crippen LogP contribution in [-0.2, 0) is 0 Å². The summed E-state index contributed by atoms with van der Waals surface area (Å²) in [7, 11) is 4.20. The number of para-hydroxylation sites is 1. The zero-order valence-electron chi connectivity index (χ0n) is 14.7. The van der Waals surface area contributed by atoms with Crippen molar-refractivity contribution in [2.45, 2.75) is 32.4 Å². The molecular weight excluding hydrogens is 290 g/mol. The number of hydrogen-bond donors (Lipinski definition) is 0. The smallest absolute Gasteiger partial charge is 0.410 e. The summed E-state index contributed by atoms with van der Waals surface area (Å²) in [6.45, 7) is 7.98. The molecule has 2 rings (SSSR count). The lowest BCUT2D eigenvalue weighted by Gasteiger charge is -2.44. The molecule has 1 aliphatic rings. The van der Waals surface area contributed by atoms with Gasteiger partial charge in [0.2, 0.25) is 0 Å². The van der Waals surface area contributed by atoms with Crippen molar-refractivity contribution < 1.29 is 9.53 Å². The summed E-state index contributed by atoms with van der Waals surface area (Å²) in [6, 6.07) is 9.97. The Morgan fingerprint density at radius 2 is 1.78 bits per heavy atom. The van der Waals surface area contributed by atoms with E-state index in [-0.39, 0.29) is 6.09 Å². The van der Waals surface area contributed by atoms with E-state index in [1.165, 1.54) is 0 Å². The monoisotopic (exact) mass is 319 g/mol. The van der Waals surface area contributed by atoms with Crippen molar-refractivity contribution in [3.63, 3.8) is 0 Å². The third-order valence-corrected chi connectivity index (χ3v) is 4.33. The fourth-order valence-corrected chi connectivity index (χ4v) is 3.17. The van der Waals surface area contributed by atoms with Crippen LogP contribution in [0, 0.1) is 0 Å². The van der Waals surface area contributed by atoms with Crippen LogP contribution in [0.2, 0.25) is 0 Å². The Morgan fingerprint density at radius 3 is 2.35 bits per heavy atom. The molecule has 5 nitrogen and oxygen atoms in total. The van der Waals surface area contributed by atoms with Crippen molar-refractivity contribution in [3.8, 4) is 5.75 Å². The van der Waals surface area contributed by atoms with Crippen molar-refractivity contribution in [2.24, 2.45) is 0 Å². The van der Waals surface area contributed by atoms with E-state index in [1.807, 2.05) is 35.2 Å². The van der Waals surface area contributed by atoms with Crippen molar-refractivity contribution in [1.29, 1.82) is 0 Å². The summed E-state index contributed by atoms with van der Waals surface area (Å²) >= 11 is 0. The molecule has 1 aliphatic heterocycles. The van der Waals surface area contributed by atoms with Gasteiger partial charge in [-0.05, 0) is 53.0 Å². The maximum absolute atomic E-state index is 12.3. The van der Waals surface area contributed by atoms with E-state index >= 15 is 0 Å². The first kappa shape index (κ1) is 17.8. The molecule has 2 atom stereocenters. The molecule has 23 heavy (non-hydrogen) atoms. The summed E-state index contributed by atoms with van der Waals surface area (Å²) in [5.41, 5.74) is 0. The molecule has 0 radical (unpaired) electrons. The SMILES string of the molecule is CC1CN(C(=O)Oc2ccccc2)CC(C)N1CCCN(C)C. The van der Waals surface area contributed by atoms with E-state index in [9.17, 15) is 4.79 Å². The molecule has 0 spiro atoms. The van der Waals surface area contributed by atoms with Crippen LogP contribution in [0.4, 0.5) is 4.79 Å². The highest BCUT2D eigenvalue weighted by atomic mass is 16.6. The number of carbonyl (C=O) groups excluding carboxylic acids is 1. The molecule has 0 aliphatic carbocycles. The Balaban J connectivity index is 1.86. The Bertz CT molecular complexity index is 480. The topological polar surface area (TPSA) is 36.0 Å². The second-order valence-electron chi connectivity index (χ2n) is 6.68. The summed E-state index contributed by atoms with van der Waals surface area (Å²) in [5, 5.41) is 0. The second kappa shape index (κ2) is 8.31. The molecule has 0 bridgehead atoms. The van der Waals surface area contributed by atoms with Crippen molar-refractivity contribution in [3.05, 3.63) is 30.3 Å². The van der Waals surface area contributed by atoms with Gasteiger partial charge in [-0.15, -0.1) is 0 Å². The number of rotatable bonds is 5. The molecule has 5 heteroatoms. The Morgan fingerprint density at radius 1 is 1.17 bits per heavy atom. The molecule has 1 amide bonds. The van der Waals surface area contributed by atoms with E-state index in [4.69, 9.17) is 4.74 Å². The number of ether oxygens (including phenoxy) is 1. The fraction of sp³-hybridized carbons (Fsp3) is 0.611. The van der Waals surface area contributed by atoms with Crippen LogP contribution < -0.4 is 4.74 Å². The standard InChI is InChI=1S/C18H29N3O2/c1-15-13-20(18(22)23-17-9-6-5-7-10-17)14-16(2)21(15)12-8-11-19(3)4/h5-7,9-10,15-16H,8,11-14H2,1-4H3. The molecular formula is C18H29N3O2. The van der Waals surface area contributed by atoms with E-state index in [2.05, 4.69) is 37.7 Å². The van der Waals surface area contributed by atoms with Gasteiger partial charge in [0.1, 0.15) is 5.75 Å². The molecule has 1 aromatic carbocycles. The third kappa shape index (κ3) is 5.22. The van der Waals surface area contributed by atoms with Gasteiger partial charge >= 0.3 is 6.09 Å². The van der Waals surface area contributed by atoms with Crippen molar-refractivity contribution in [1.82, 2.24) is 14.7 Å². The van der Waals surface area contributed by atoms with Crippen LogP contribution in [0.1, 0.15) is 20.3 Å². The molecule has 0 saturated carbocycles. The zero-order valence-corrected chi connectivity index (χ0v) is 14.7. The number of piperazine rings is 1. The van der Waals surface area contributed by atoms with E-state index < -0.39 is 0 Å². The number of hydrogen-bond acceptors (Lipinski definition) is 4. The summed E-state index contributed by atoms with van der Waals surface area (Å²) < 4.78 is 5.46. The average Bonchev–Trinajstić information content (AvgIpc) is 2.50. The summed E-state index contributed by atoms with van der Waals surface area (Å²) in [6.07, 6.45) is 0.902. The Kier molecular flexibility index (Phi) is 6.42. The maximum Gasteiger partial charge on any atom is 0.415 e. The summed E-state index contributed by atoms with van der Waals surface area (Å²) in [5.74, 6) is 0.603. The first-order valence-electron chi connectivity index (χ1n) is 8.39. The Labute approximate surface area is 139 Å². The predicted molar refractivity (Wildman–Crippen MR) is 92.8 cm³/mol. The second-order valence-corrected chi connectivity index (χ2v) is 6.68. The minimum atomic E-state index is -0.247. The van der Waals surface area contributed by atoms with Crippen LogP contribution in [0.3, 0.4) is 0 Å². The van der Waals surface area contributed by atoms with Gasteiger partial charge in [0.25, 0.3) is 0 Å². The van der Waals surface area contributed by atoms with Crippen molar-refractivity contribution in [2.75, 3.05) is 40.3 Å². The van der Waals surface area contributed by atoms with E-state index in [0.29, 0.717) is 17.8 Å². The highest BCUT2D eigenvalue weighted by molar-refractivity contribution is 5.70. The predicted octanol–water partition coefficient (Wildman–Crippen LogP) is 2.53. The number of carbonyl (C=O) groups is 1. The number of benzene rings is 1. The molecule has 2 unspecified atom stereocenters. The third-order valence-electron chi connectivity index (χ3n) is 4.33. The van der Waals surface area contributed by atoms with Crippen LogP contribution in [0.15, 0.2) is 30.3 Å². The van der Waals surface area contributed by atoms with Gasteiger partial charge in [-0.1, -0.05) is 18.2 Å². The summed E-state index contributed by atoms with van der Waals surface area (Å²) in [4.78, 5) is 18.9. The van der Waals surface area contributed by atoms with Crippen LogP contribution >= 0.6 is 0 Å². The molecule has 1 fully saturated rings. The average molecular weight is 319 g/mol. The molecule has 0 aromatic heterocycles. The van der Waals surface area contributed by atoms with Crippen molar-refractivity contribution >= 4 is 6.09 Å². The minimum Gasteiger partial charge on any atom is -0.410 e. The van der Waals surface area contributed by atoms with Gasteiger partial charge in [0.05, 0.1) is 0 Å². The number of amides is 1. The number of nitrogens with zero attached hydrogens (tertiary/aromatic N) is 3. The van der Waals surface area contributed by atoms with Gasteiger partial charge in [0, 0.05) is 31.7 Å². The Hall–Kier alpha value is -1.59. The zero-order chi connectivity index (χ0) is 16.8. The van der Waals surface area contributed by atoms with Gasteiger partial charge in [-0.25, -0.2) is 4.79 Å². The highest BCUT2D eigenvalue weighted by Crippen LogP contribution is 2.18. The normalized spacial score (nSPS) is 22.4. The molecule has 0 N–H and O–H groups in total. The maximum atomic E-state index is 12.3.